The van der Waals surface area contributed by atoms with Crippen molar-refractivity contribution in [3.05, 3.63) is 5.92 Å². The molecule has 1 aliphatic rings. The molecule has 1 saturated heterocycles. The van der Waals surface area contributed by atoms with Gasteiger partial charge < -0.3 is 10.0 Å². The minimum Gasteiger partial charge on any atom is -0.390 e. The van der Waals surface area contributed by atoms with Crippen molar-refractivity contribution in [2.75, 3.05) is 19.6 Å². The van der Waals surface area contributed by atoms with E-state index in [1.54, 1.807) is 0 Å². The first-order valence-corrected chi connectivity index (χ1v) is 4.73. The summed E-state index contributed by atoms with van der Waals surface area (Å²) in [4.78, 5) is 2.41. The topological polar surface area (TPSA) is 23.5 Å². The van der Waals surface area contributed by atoms with Gasteiger partial charge in [0, 0.05) is 19.6 Å². The molecule has 0 aromatic heterocycles. The second kappa shape index (κ2) is 3.75. The van der Waals surface area contributed by atoms with Crippen molar-refractivity contribution in [3.8, 4) is 0 Å². The SMILES string of the molecule is C[C](C)CN1CCC(C)(O)CC1. The third-order valence-electron chi connectivity index (χ3n) is 2.47. The molecule has 0 spiro atoms. The Morgan fingerprint density at radius 3 is 2.25 bits per heavy atom. The summed E-state index contributed by atoms with van der Waals surface area (Å²) in [5, 5.41) is 9.69. The van der Waals surface area contributed by atoms with Gasteiger partial charge in [0.2, 0.25) is 0 Å². The predicted molar refractivity (Wildman–Crippen MR) is 50.9 cm³/mol. The lowest BCUT2D eigenvalue weighted by atomic mass is 9.93. The number of rotatable bonds is 2. The molecule has 12 heavy (non-hydrogen) atoms. The fraction of sp³-hybridized carbons (Fsp3) is 0.900. The quantitative estimate of drug-likeness (QED) is 0.678. The van der Waals surface area contributed by atoms with Gasteiger partial charge in [0.05, 0.1) is 5.60 Å². The molecule has 0 unspecified atom stereocenters. The van der Waals surface area contributed by atoms with Crippen LogP contribution in [-0.4, -0.2) is 35.2 Å². The van der Waals surface area contributed by atoms with Crippen molar-refractivity contribution in [1.29, 1.82) is 0 Å². The van der Waals surface area contributed by atoms with Crippen LogP contribution in [0.4, 0.5) is 0 Å². The molecule has 1 aliphatic heterocycles. The number of hydrogen-bond donors (Lipinski definition) is 1. The van der Waals surface area contributed by atoms with E-state index >= 15 is 0 Å². The molecule has 0 aromatic rings. The molecule has 71 valence electrons. The fourth-order valence-electron chi connectivity index (χ4n) is 1.64. The molecule has 0 amide bonds. The Morgan fingerprint density at radius 2 is 1.83 bits per heavy atom. The van der Waals surface area contributed by atoms with Crippen molar-refractivity contribution < 1.29 is 5.11 Å². The molecular weight excluding hydrogens is 150 g/mol. The van der Waals surface area contributed by atoms with Gasteiger partial charge in [-0.1, -0.05) is 13.8 Å². The van der Waals surface area contributed by atoms with Gasteiger partial charge in [-0.3, -0.25) is 0 Å². The van der Waals surface area contributed by atoms with E-state index in [1.807, 2.05) is 6.92 Å². The van der Waals surface area contributed by atoms with E-state index in [9.17, 15) is 5.11 Å². The monoisotopic (exact) mass is 170 g/mol. The molecule has 1 radical (unpaired) electrons. The highest BCUT2D eigenvalue weighted by Crippen LogP contribution is 2.21. The molecular formula is C10H20NO. The minimum absolute atomic E-state index is 0.405. The summed E-state index contributed by atoms with van der Waals surface area (Å²) in [5.41, 5.74) is -0.405. The number of likely N-dealkylation sites (tertiary alicyclic amines) is 1. The zero-order valence-electron chi connectivity index (χ0n) is 8.43. The van der Waals surface area contributed by atoms with E-state index in [-0.39, 0.29) is 0 Å². The lowest BCUT2D eigenvalue weighted by Crippen LogP contribution is -2.43. The Kier molecular flexibility index (Phi) is 3.13. The molecule has 1 fully saturated rings. The summed E-state index contributed by atoms with van der Waals surface area (Å²) in [6, 6.07) is 0. The maximum atomic E-state index is 9.69. The summed E-state index contributed by atoms with van der Waals surface area (Å²) in [6.07, 6.45) is 1.83. The molecule has 2 heteroatoms. The first-order valence-electron chi connectivity index (χ1n) is 4.73. The van der Waals surface area contributed by atoms with Gasteiger partial charge in [0.25, 0.3) is 0 Å². The van der Waals surface area contributed by atoms with Gasteiger partial charge in [-0.05, 0) is 25.7 Å². The van der Waals surface area contributed by atoms with Gasteiger partial charge in [-0.2, -0.15) is 0 Å². The standard InChI is InChI=1S/C10H20NO/c1-9(2)8-11-6-4-10(3,12)5-7-11/h12H,4-8H2,1-3H3. The average molecular weight is 170 g/mol. The summed E-state index contributed by atoms with van der Waals surface area (Å²) in [6.45, 7) is 9.43. The summed E-state index contributed by atoms with van der Waals surface area (Å²) in [7, 11) is 0. The second-order valence-corrected chi connectivity index (χ2v) is 4.48. The van der Waals surface area contributed by atoms with Crippen LogP contribution in [0, 0.1) is 5.92 Å². The molecule has 1 N–H and O–H groups in total. The van der Waals surface area contributed by atoms with E-state index in [0.717, 1.165) is 32.5 Å². The highest BCUT2D eigenvalue weighted by molar-refractivity contribution is 4.87. The summed E-state index contributed by atoms with van der Waals surface area (Å²) < 4.78 is 0. The predicted octanol–water partition coefficient (Wildman–Crippen LogP) is 1.45. The summed E-state index contributed by atoms with van der Waals surface area (Å²) >= 11 is 0. The molecule has 2 nitrogen and oxygen atoms in total. The van der Waals surface area contributed by atoms with Gasteiger partial charge >= 0.3 is 0 Å². The van der Waals surface area contributed by atoms with E-state index in [1.165, 1.54) is 5.92 Å². The van der Waals surface area contributed by atoms with Gasteiger partial charge in [0.1, 0.15) is 0 Å². The van der Waals surface area contributed by atoms with E-state index in [2.05, 4.69) is 18.7 Å². The van der Waals surface area contributed by atoms with Gasteiger partial charge in [-0.25, -0.2) is 0 Å². The Balaban J connectivity index is 2.27. The van der Waals surface area contributed by atoms with Crippen LogP contribution in [0.5, 0.6) is 0 Å². The van der Waals surface area contributed by atoms with Crippen LogP contribution in [0.3, 0.4) is 0 Å². The van der Waals surface area contributed by atoms with Crippen LogP contribution in [0.1, 0.15) is 33.6 Å². The fourth-order valence-corrected chi connectivity index (χ4v) is 1.64. The van der Waals surface area contributed by atoms with Crippen LogP contribution in [0.15, 0.2) is 0 Å². The smallest absolute Gasteiger partial charge is 0.0644 e. The van der Waals surface area contributed by atoms with Crippen LogP contribution in [-0.2, 0) is 0 Å². The Bertz CT molecular complexity index is 133. The largest absolute Gasteiger partial charge is 0.390 e. The zero-order chi connectivity index (χ0) is 9.19. The lowest BCUT2D eigenvalue weighted by molar-refractivity contribution is -0.00410. The maximum Gasteiger partial charge on any atom is 0.0644 e. The van der Waals surface area contributed by atoms with Gasteiger partial charge in [-0.15, -0.1) is 0 Å². The summed E-state index contributed by atoms with van der Waals surface area (Å²) in [5.74, 6) is 1.46. The number of hydrogen-bond acceptors (Lipinski definition) is 2. The minimum atomic E-state index is -0.405. The van der Waals surface area contributed by atoms with Crippen molar-refractivity contribution in [2.24, 2.45) is 0 Å². The average Bonchev–Trinajstić information content (AvgIpc) is 1.93. The highest BCUT2D eigenvalue weighted by Gasteiger charge is 2.27. The van der Waals surface area contributed by atoms with Crippen molar-refractivity contribution in [2.45, 2.75) is 39.2 Å². The third kappa shape index (κ3) is 3.11. The second-order valence-electron chi connectivity index (χ2n) is 4.48. The third-order valence-corrected chi connectivity index (χ3v) is 2.47. The molecule has 1 heterocycles. The van der Waals surface area contributed by atoms with E-state index in [4.69, 9.17) is 0 Å². The van der Waals surface area contributed by atoms with Crippen molar-refractivity contribution in [3.63, 3.8) is 0 Å². The van der Waals surface area contributed by atoms with Crippen LogP contribution >= 0.6 is 0 Å². The van der Waals surface area contributed by atoms with Crippen LogP contribution < -0.4 is 0 Å². The first-order chi connectivity index (χ1) is 5.49. The molecule has 0 aliphatic carbocycles. The first kappa shape index (κ1) is 10.0. The lowest BCUT2D eigenvalue weighted by Gasteiger charge is -2.36. The Labute approximate surface area is 75.6 Å². The van der Waals surface area contributed by atoms with Crippen LogP contribution in [0.2, 0.25) is 0 Å². The van der Waals surface area contributed by atoms with Gasteiger partial charge in [0.15, 0.2) is 0 Å². The Hall–Kier alpha value is -0.0800. The van der Waals surface area contributed by atoms with Crippen molar-refractivity contribution >= 4 is 0 Å². The number of piperidine rings is 1. The molecule has 0 aromatic carbocycles. The number of nitrogens with zero attached hydrogens (tertiary/aromatic N) is 1. The van der Waals surface area contributed by atoms with Crippen LogP contribution in [0.25, 0.3) is 0 Å². The van der Waals surface area contributed by atoms with E-state index < -0.39 is 5.60 Å². The van der Waals surface area contributed by atoms with Crippen molar-refractivity contribution in [1.82, 2.24) is 4.90 Å². The molecule has 0 bridgehead atoms. The maximum absolute atomic E-state index is 9.69. The normalized spacial score (nSPS) is 24.8. The molecule has 0 atom stereocenters. The Morgan fingerprint density at radius 1 is 1.33 bits per heavy atom. The number of aliphatic hydroxyl groups is 1. The highest BCUT2D eigenvalue weighted by atomic mass is 16.3. The molecule has 0 saturated carbocycles. The zero-order valence-corrected chi connectivity index (χ0v) is 8.43. The molecule has 1 rings (SSSR count). The van der Waals surface area contributed by atoms with E-state index in [0.29, 0.717) is 0 Å².